The van der Waals surface area contributed by atoms with Crippen LogP contribution in [0.5, 0.6) is 0 Å². The van der Waals surface area contributed by atoms with Crippen LogP contribution in [0.25, 0.3) is 0 Å². The minimum absolute atomic E-state index is 0.132. The van der Waals surface area contributed by atoms with E-state index in [0.717, 1.165) is 26.2 Å². The maximum Gasteiger partial charge on any atom is 0.250 e. The Morgan fingerprint density at radius 2 is 2.18 bits per heavy atom. The number of likely N-dealkylation sites (tertiary alicyclic amines) is 1. The zero-order valence-electron chi connectivity index (χ0n) is 9.88. The smallest absolute Gasteiger partial charge is 0.250 e. The first-order valence-electron chi connectivity index (χ1n) is 6.31. The maximum atomic E-state index is 11.8. The monoisotopic (exact) mass is 234 g/mol. The average Bonchev–Trinajstić information content (AvgIpc) is 2.31. The molecule has 1 aromatic heterocycles. The van der Waals surface area contributed by atoms with E-state index in [1.165, 1.54) is 12.1 Å². The summed E-state index contributed by atoms with van der Waals surface area (Å²) >= 11 is 0. The van der Waals surface area contributed by atoms with E-state index in [-0.39, 0.29) is 12.2 Å². The summed E-state index contributed by atoms with van der Waals surface area (Å²) in [7, 11) is 0. The molecule has 17 heavy (non-hydrogen) atoms. The minimum Gasteiger partial charge on any atom is -0.395 e. The van der Waals surface area contributed by atoms with E-state index in [2.05, 4.69) is 11.0 Å². The van der Waals surface area contributed by atoms with Crippen LogP contribution in [0.1, 0.15) is 18.0 Å². The Bertz CT molecular complexity index is 469. The summed E-state index contributed by atoms with van der Waals surface area (Å²) in [5.74, 6) is 1.02. The summed E-state index contributed by atoms with van der Waals surface area (Å²) in [5.41, 5.74) is 1.31. The summed E-state index contributed by atoms with van der Waals surface area (Å²) < 4.78 is 1.94. The van der Waals surface area contributed by atoms with Crippen molar-refractivity contribution in [2.24, 2.45) is 5.92 Å². The molecule has 4 heteroatoms. The second-order valence-electron chi connectivity index (χ2n) is 5.18. The number of hydrogen-bond acceptors (Lipinski definition) is 3. The zero-order chi connectivity index (χ0) is 11.8. The third kappa shape index (κ3) is 1.91. The Balaban J connectivity index is 1.93. The zero-order valence-corrected chi connectivity index (χ0v) is 9.88. The van der Waals surface area contributed by atoms with Gasteiger partial charge < -0.3 is 14.6 Å². The van der Waals surface area contributed by atoms with Crippen molar-refractivity contribution in [3.8, 4) is 0 Å². The highest BCUT2D eigenvalue weighted by Crippen LogP contribution is 2.34. The van der Waals surface area contributed by atoms with E-state index in [1.54, 1.807) is 6.07 Å². The molecule has 2 aliphatic heterocycles. The second kappa shape index (κ2) is 4.27. The van der Waals surface area contributed by atoms with Gasteiger partial charge >= 0.3 is 0 Å². The van der Waals surface area contributed by atoms with Crippen LogP contribution in [0.4, 0.5) is 0 Å². The van der Waals surface area contributed by atoms with Crippen LogP contribution in [0.3, 0.4) is 0 Å². The number of hydrogen-bond donors (Lipinski definition) is 1. The van der Waals surface area contributed by atoms with Crippen LogP contribution in [-0.4, -0.2) is 40.8 Å². The topological polar surface area (TPSA) is 45.5 Å². The molecule has 1 fully saturated rings. The van der Waals surface area contributed by atoms with Gasteiger partial charge in [0.2, 0.25) is 0 Å². The van der Waals surface area contributed by atoms with Gasteiger partial charge in [0.15, 0.2) is 0 Å². The molecule has 0 aromatic carbocycles. The standard InChI is InChI=1S/C13H18N2O2/c16-5-4-14-7-10-6-11(9-14)12-2-1-3-13(17)15(12)8-10/h1-3,10-11,16H,4-9H2/t10-,11+/m0/s1. The fourth-order valence-electron chi connectivity index (χ4n) is 3.32. The van der Waals surface area contributed by atoms with Crippen molar-refractivity contribution >= 4 is 0 Å². The number of β-amino-alcohol motifs (C(OH)–C–C–N with tert-alkyl or cyclic N) is 1. The number of pyridine rings is 1. The fourth-order valence-corrected chi connectivity index (χ4v) is 3.32. The third-order valence-electron chi connectivity index (χ3n) is 3.97. The molecule has 1 N–H and O–H groups in total. The van der Waals surface area contributed by atoms with Gasteiger partial charge in [-0.25, -0.2) is 0 Å². The third-order valence-corrected chi connectivity index (χ3v) is 3.97. The molecule has 4 nitrogen and oxygen atoms in total. The van der Waals surface area contributed by atoms with Gasteiger partial charge in [-0.3, -0.25) is 4.79 Å². The van der Waals surface area contributed by atoms with Crippen molar-refractivity contribution in [2.75, 3.05) is 26.2 Å². The number of aliphatic hydroxyl groups is 1. The number of rotatable bonds is 2. The number of fused-ring (bicyclic) bond motifs is 4. The van der Waals surface area contributed by atoms with E-state index in [0.29, 0.717) is 11.8 Å². The summed E-state index contributed by atoms with van der Waals surface area (Å²) in [6.07, 6.45) is 1.19. The summed E-state index contributed by atoms with van der Waals surface area (Å²) in [6.45, 7) is 3.80. The minimum atomic E-state index is 0.132. The molecule has 0 saturated carbocycles. The van der Waals surface area contributed by atoms with Crippen LogP contribution in [0.15, 0.2) is 23.0 Å². The summed E-state index contributed by atoms with van der Waals surface area (Å²) in [5, 5.41) is 9.02. The molecule has 0 radical (unpaired) electrons. The van der Waals surface area contributed by atoms with E-state index >= 15 is 0 Å². The molecule has 2 atom stereocenters. The van der Waals surface area contributed by atoms with Crippen molar-refractivity contribution in [2.45, 2.75) is 18.9 Å². The molecule has 0 amide bonds. The predicted octanol–water partition coefficient (Wildman–Crippen LogP) is 0.260. The molecule has 0 aliphatic carbocycles. The Morgan fingerprint density at radius 3 is 3.00 bits per heavy atom. The first kappa shape index (κ1) is 11.0. The Labute approximate surface area is 100 Å². The summed E-state index contributed by atoms with van der Waals surface area (Å²) in [4.78, 5) is 14.1. The molecule has 2 bridgehead atoms. The largest absolute Gasteiger partial charge is 0.395 e. The molecule has 0 spiro atoms. The van der Waals surface area contributed by atoms with E-state index in [1.807, 2.05) is 10.6 Å². The van der Waals surface area contributed by atoms with E-state index in [9.17, 15) is 4.79 Å². The lowest BCUT2D eigenvalue weighted by atomic mass is 9.83. The molecule has 3 heterocycles. The Kier molecular flexibility index (Phi) is 2.76. The average molecular weight is 234 g/mol. The maximum absolute atomic E-state index is 11.8. The molecule has 1 saturated heterocycles. The highest BCUT2D eigenvalue weighted by molar-refractivity contribution is 5.16. The molecular formula is C13H18N2O2. The lowest BCUT2D eigenvalue weighted by Crippen LogP contribution is -2.47. The Hall–Kier alpha value is -1.13. The van der Waals surface area contributed by atoms with Crippen LogP contribution >= 0.6 is 0 Å². The number of piperidine rings is 1. The van der Waals surface area contributed by atoms with Crippen molar-refractivity contribution in [1.82, 2.24) is 9.47 Å². The highest BCUT2D eigenvalue weighted by atomic mass is 16.3. The number of aliphatic hydroxyl groups excluding tert-OH is 1. The second-order valence-corrected chi connectivity index (χ2v) is 5.18. The van der Waals surface area contributed by atoms with Gasteiger partial charge in [-0.05, 0) is 18.4 Å². The van der Waals surface area contributed by atoms with Crippen molar-refractivity contribution in [1.29, 1.82) is 0 Å². The quantitative estimate of drug-likeness (QED) is 0.798. The van der Waals surface area contributed by atoms with Crippen LogP contribution < -0.4 is 5.56 Å². The van der Waals surface area contributed by atoms with Crippen LogP contribution in [0.2, 0.25) is 0 Å². The molecule has 3 rings (SSSR count). The molecular weight excluding hydrogens is 216 g/mol. The number of nitrogens with zero attached hydrogens (tertiary/aromatic N) is 2. The normalized spacial score (nSPS) is 27.8. The van der Waals surface area contributed by atoms with E-state index < -0.39 is 0 Å². The van der Waals surface area contributed by atoms with Gasteiger partial charge in [0.1, 0.15) is 0 Å². The van der Waals surface area contributed by atoms with Gasteiger partial charge in [0.05, 0.1) is 6.61 Å². The van der Waals surface area contributed by atoms with Crippen LogP contribution in [0, 0.1) is 5.92 Å². The lowest BCUT2D eigenvalue weighted by molar-refractivity contribution is 0.100. The van der Waals surface area contributed by atoms with Crippen molar-refractivity contribution < 1.29 is 5.11 Å². The molecule has 0 unspecified atom stereocenters. The SMILES string of the molecule is O=c1cccc2n1C[C@H]1C[C@@H]2CN(CCO)C1. The first-order chi connectivity index (χ1) is 8.28. The fraction of sp³-hybridized carbons (Fsp3) is 0.615. The van der Waals surface area contributed by atoms with Gasteiger partial charge in [-0.15, -0.1) is 0 Å². The lowest BCUT2D eigenvalue weighted by Gasteiger charge is -2.42. The van der Waals surface area contributed by atoms with Crippen molar-refractivity contribution in [3.63, 3.8) is 0 Å². The Morgan fingerprint density at radius 1 is 1.29 bits per heavy atom. The number of aromatic nitrogens is 1. The van der Waals surface area contributed by atoms with Gasteiger partial charge in [-0.2, -0.15) is 0 Å². The van der Waals surface area contributed by atoms with Gasteiger partial charge in [0, 0.05) is 43.9 Å². The van der Waals surface area contributed by atoms with E-state index in [4.69, 9.17) is 5.11 Å². The molecule has 92 valence electrons. The van der Waals surface area contributed by atoms with Crippen molar-refractivity contribution in [3.05, 3.63) is 34.2 Å². The molecule has 1 aromatic rings. The summed E-state index contributed by atoms with van der Waals surface area (Å²) in [6, 6.07) is 5.58. The first-order valence-corrected chi connectivity index (χ1v) is 6.31. The van der Waals surface area contributed by atoms with Crippen LogP contribution in [-0.2, 0) is 6.54 Å². The molecule has 2 aliphatic rings. The predicted molar refractivity (Wildman–Crippen MR) is 65.1 cm³/mol. The highest BCUT2D eigenvalue weighted by Gasteiger charge is 2.33. The van der Waals surface area contributed by atoms with Gasteiger partial charge in [0.25, 0.3) is 5.56 Å². The van der Waals surface area contributed by atoms with Gasteiger partial charge in [-0.1, -0.05) is 6.07 Å².